The molecule has 0 saturated carbocycles. The summed E-state index contributed by atoms with van der Waals surface area (Å²) in [6, 6.07) is 0. The number of hydrogen-bond acceptors (Lipinski definition) is 3. The van der Waals surface area contributed by atoms with Gasteiger partial charge in [0.05, 0.1) is 5.92 Å². The van der Waals surface area contributed by atoms with Crippen molar-refractivity contribution < 1.29 is 14.7 Å². The van der Waals surface area contributed by atoms with Crippen molar-refractivity contribution in [3.63, 3.8) is 0 Å². The molecule has 0 spiro atoms. The first-order valence-corrected chi connectivity index (χ1v) is 6.97. The van der Waals surface area contributed by atoms with Gasteiger partial charge in [0.15, 0.2) is 0 Å². The van der Waals surface area contributed by atoms with Crippen LogP contribution in [-0.4, -0.2) is 30.1 Å². The van der Waals surface area contributed by atoms with Crippen LogP contribution in [0.2, 0.25) is 0 Å². The van der Waals surface area contributed by atoms with E-state index in [4.69, 9.17) is 10.8 Å². The molecule has 2 atom stereocenters. The molecule has 0 radical (unpaired) electrons. The summed E-state index contributed by atoms with van der Waals surface area (Å²) in [5, 5.41) is 11.7. The topological polar surface area (TPSA) is 92.4 Å². The van der Waals surface area contributed by atoms with Gasteiger partial charge in [0.2, 0.25) is 5.91 Å². The number of rotatable bonds is 9. The molecule has 5 heteroatoms. The lowest BCUT2D eigenvalue weighted by atomic mass is 9.93. The number of nitrogens with one attached hydrogen (secondary N) is 1. The molecule has 4 N–H and O–H groups in total. The van der Waals surface area contributed by atoms with Gasteiger partial charge in [0.25, 0.3) is 0 Å². The molecule has 0 heterocycles. The highest BCUT2D eigenvalue weighted by Gasteiger charge is 2.22. The van der Waals surface area contributed by atoms with Crippen LogP contribution >= 0.6 is 0 Å². The van der Waals surface area contributed by atoms with Gasteiger partial charge in [-0.05, 0) is 30.7 Å². The summed E-state index contributed by atoms with van der Waals surface area (Å²) in [4.78, 5) is 22.8. The van der Waals surface area contributed by atoms with Crippen molar-refractivity contribution in [2.45, 2.75) is 40.5 Å². The fraction of sp³-hybridized carbons (Fsp3) is 0.857. The first-order valence-electron chi connectivity index (χ1n) is 6.97. The summed E-state index contributed by atoms with van der Waals surface area (Å²) in [7, 11) is 0. The Morgan fingerprint density at radius 3 is 2.16 bits per heavy atom. The molecule has 0 fully saturated rings. The van der Waals surface area contributed by atoms with E-state index in [1.54, 1.807) is 0 Å². The van der Waals surface area contributed by atoms with Gasteiger partial charge in [-0.15, -0.1) is 0 Å². The van der Waals surface area contributed by atoms with Crippen LogP contribution in [0.3, 0.4) is 0 Å². The third-order valence-electron chi connectivity index (χ3n) is 3.25. The van der Waals surface area contributed by atoms with Gasteiger partial charge in [-0.1, -0.05) is 27.7 Å². The minimum absolute atomic E-state index is 0.00114. The highest BCUT2D eigenvalue weighted by molar-refractivity contribution is 5.77. The molecule has 0 aromatic rings. The summed E-state index contributed by atoms with van der Waals surface area (Å²) < 4.78 is 0. The van der Waals surface area contributed by atoms with E-state index in [2.05, 4.69) is 19.2 Å². The second-order valence-electron chi connectivity index (χ2n) is 5.93. The maximum atomic E-state index is 11.8. The lowest BCUT2D eigenvalue weighted by Gasteiger charge is -2.19. The smallest absolute Gasteiger partial charge is 0.308 e. The summed E-state index contributed by atoms with van der Waals surface area (Å²) >= 11 is 0. The van der Waals surface area contributed by atoms with E-state index in [0.29, 0.717) is 18.9 Å². The number of carbonyl (C=O) groups is 2. The zero-order chi connectivity index (χ0) is 15.0. The molecule has 1 amide bonds. The van der Waals surface area contributed by atoms with Gasteiger partial charge >= 0.3 is 5.97 Å². The molecule has 0 aromatic carbocycles. The summed E-state index contributed by atoms with van der Waals surface area (Å²) in [6.45, 7) is 8.54. The molecule has 0 aliphatic rings. The van der Waals surface area contributed by atoms with Crippen molar-refractivity contribution in [1.29, 1.82) is 0 Å². The predicted octanol–water partition coefficient (Wildman–Crippen LogP) is 1.47. The fourth-order valence-electron chi connectivity index (χ4n) is 2.10. The summed E-state index contributed by atoms with van der Waals surface area (Å²) in [6.07, 6.45) is 1.29. The molecule has 1 unspecified atom stereocenters. The maximum absolute atomic E-state index is 11.8. The van der Waals surface area contributed by atoms with Gasteiger partial charge in [-0.3, -0.25) is 9.59 Å². The Balaban J connectivity index is 4.19. The first-order chi connectivity index (χ1) is 8.77. The molecule has 0 aliphatic heterocycles. The summed E-state index contributed by atoms with van der Waals surface area (Å²) in [5.74, 6) is -0.842. The van der Waals surface area contributed by atoms with Crippen LogP contribution < -0.4 is 11.1 Å². The second-order valence-corrected chi connectivity index (χ2v) is 5.93. The largest absolute Gasteiger partial charge is 0.481 e. The van der Waals surface area contributed by atoms with Crippen LogP contribution in [0.4, 0.5) is 0 Å². The van der Waals surface area contributed by atoms with Crippen LogP contribution in [0, 0.1) is 23.7 Å². The quantitative estimate of drug-likeness (QED) is 0.592. The van der Waals surface area contributed by atoms with Crippen molar-refractivity contribution >= 4 is 11.9 Å². The van der Waals surface area contributed by atoms with Crippen molar-refractivity contribution in [3.05, 3.63) is 0 Å². The first kappa shape index (κ1) is 17.9. The van der Waals surface area contributed by atoms with E-state index >= 15 is 0 Å². The predicted molar refractivity (Wildman–Crippen MR) is 75.6 cm³/mol. The average Bonchev–Trinajstić information content (AvgIpc) is 2.26. The van der Waals surface area contributed by atoms with Gasteiger partial charge in [0, 0.05) is 13.0 Å². The Bertz CT molecular complexity index is 290. The molecule has 112 valence electrons. The minimum Gasteiger partial charge on any atom is -0.481 e. The third-order valence-corrected chi connectivity index (χ3v) is 3.25. The Morgan fingerprint density at radius 1 is 1.21 bits per heavy atom. The Kier molecular flexibility index (Phi) is 8.39. The number of hydrogen-bond donors (Lipinski definition) is 3. The molecule has 5 nitrogen and oxygen atoms in total. The number of carbonyl (C=O) groups excluding carboxylic acids is 1. The van der Waals surface area contributed by atoms with Crippen molar-refractivity contribution in [3.8, 4) is 0 Å². The number of nitrogens with two attached hydrogens (primary N) is 1. The summed E-state index contributed by atoms with van der Waals surface area (Å²) in [5.41, 5.74) is 5.65. The number of aliphatic carboxylic acids is 1. The Hall–Kier alpha value is -1.10. The number of carboxylic acid groups (broad SMARTS) is 1. The normalized spacial score (nSPS) is 14.5. The van der Waals surface area contributed by atoms with Crippen molar-refractivity contribution in [2.75, 3.05) is 13.1 Å². The highest BCUT2D eigenvalue weighted by atomic mass is 16.4. The zero-order valence-corrected chi connectivity index (χ0v) is 12.5. The van der Waals surface area contributed by atoms with Gasteiger partial charge in [-0.25, -0.2) is 0 Å². The monoisotopic (exact) mass is 272 g/mol. The molecular formula is C14H28N2O3. The van der Waals surface area contributed by atoms with Crippen molar-refractivity contribution in [2.24, 2.45) is 29.4 Å². The van der Waals surface area contributed by atoms with Gasteiger partial charge in [-0.2, -0.15) is 0 Å². The number of amides is 1. The zero-order valence-electron chi connectivity index (χ0n) is 12.5. The van der Waals surface area contributed by atoms with E-state index in [9.17, 15) is 9.59 Å². The third kappa shape index (κ3) is 7.82. The van der Waals surface area contributed by atoms with Crippen LogP contribution in [-0.2, 0) is 9.59 Å². The van der Waals surface area contributed by atoms with Crippen LogP contribution in [0.5, 0.6) is 0 Å². The van der Waals surface area contributed by atoms with E-state index in [-0.39, 0.29) is 24.3 Å². The fourth-order valence-corrected chi connectivity index (χ4v) is 2.10. The molecule has 0 bridgehead atoms. The molecule has 0 rings (SSSR count). The minimum atomic E-state index is -0.868. The van der Waals surface area contributed by atoms with E-state index in [0.717, 1.165) is 6.42 Å². The average molecular weight is 272 g/mol. The maximum Gasteiger partial charge on any atom is 0.308 e. The van der Waals surface area contributed by atoms with E-state index in [1.165, 1.54) is 0 Å². The van der Waals surface area contributed by atoms with Gasteiger partial charge < -0.3 is 16.2 Å². The molecule has 0 aliphatic carbocycles. The number of carboxylic acids is 1. The SMILES string of the molecule is CC(C)C[C@H](CN)CC(=O)NCC(C(=O)O)C(C)C. The van der Waals surface area contributed by atoms with E-state index < -0.39 is 11.9 Å². The van der Waals surface area contributed by atoms with Crippen molar-refractivity contribution in [1.82, 2.24) is 5.32 Å². The van der Waals surface area contributed by atoms with Crippen LogP contribution in [0.25, 0.3) is 0 Å². The van der Waals surface area contributed by atoms with E-state index in [1.807, 2.05) is 13.8 Å². The lowest BCUT2D eigenvalue weighted by Crippen LogP contribution is -2.37. The van der Waals surface area contributed by atoms with Crippen LogP contribution in [0.1, 0.15) is 40.5 Å². The standard InChI is InChI=1S/C14H28N2O3/c1-9(2)5-11(7-15)6-13(17)16-8-12(10(3)4)14(18)19/h9-12H,5-8,15H2,1-4H3,(H,16,17)(H,18,19)/t11-,12?/m0/s1. The van der Waals surface area contributed by atoms with Crippen LogP contribution in [0.15, 0.2) is 0 Å². The highest BCUT2D eigenvalue weighted by Crippen LogP contribution is 2.14. The second kappa shape index (κ2) is 8.91. The lowest BCUT2D eigenvalue weighted by molar-refractivity contribution is -0.143. The molecule has 0 saturated heterocycles. The molecule has 0 aromatic heterocycles. The Morgan fingerprint density at radius 2 is 1.79 bits per heavy atom. The molecule has 19 heavy (non-hydrogen) atoms. The molecular weight excluding hydrogens is 244 g/mol. The Labute approximate surface area is 115 Å². The van der Waals surface area contributed by atoms with Gasteiger partial charge in [0.1, 0.15) is 0 Å².